The van der Waals surface area contributed by atoms with Crippen LogP contribution in [0.15, 0.2) is 101 Å². The first-order valence-corrected chi connectivity index (χ1v) is 10.7. The minimum atomic E-state index is 0.247. The molecule has 3 heteroatoms. The molecule has 2 aliphatic heterocycles. The number of allylic oxidation sites excluding steroid dienone is 1. The molecule has 0 saturated carbocycles. The molecule has 0 atom stereocenters. The summed E-state index contributed by atoms with van der Waals surface area (Å²) in [5.74, 6) is 0.247. The Morgan fingerprint density at radius 3 is 1.86 bits per heavy atom. The molecule has 0 radical (unpaired) electrons. The summed E-state index contributed by atoms with van der Waals surface area (Å²) in [4.78, 5) is 7.68. The SMILES string of the molecule is C=C(C1c2ccccc2Sc2ccccc21)N1CCN(c2ccccc2)CC1. The van der Waals surface area contributed by atoms with Crippen LogP contribution in [0.5, 0.6) is 0 Å². The Balaban J connectivity index is 1.40. The van der Waals surface area contributed by atoms with Gasteiger partial charge in [-0.05, 0) is 35.4 Å². The molecule has 28 heavy (non-hydrogen) atoms. The number of nitrogens with zero attached hydrogens (tertiary/aromatic N) is 2. The Bertz CT molecular complexity index is 945. The Labute approximate surface area is 171 Å². The van der Waals surface area contributed by atoms with Crippen molar-refractivity contribution in [2.45, 2.75) is 15.7 Å². The molecule has 3 aromatic carbocycles. The van der Waals surface area contributed by atoms with Crippen molar-refractivity contribution in [3.63, 3.8) is 0 Å². The van der Waals surface area contributed by atoms with Crippen LogP contribution in [0.1, 0.15) is 17.0 Å². The Morgan fingerprint density at radius 2 is 1.25 bits per heavy atom. The van der Waals surface area contributed by atoms with E-state index in [2.05, 4.69) is 95.2 Å². The van der Waals surface area contributed by atoms with E-state index in [-0.39, 0.29) is 5.92 Å². The average molecular weight is 385 g/mol. The van der Waals surface area contributed by atoms with E-state index in [0.29, 0.717) is 0 Å². The predicted molar refractivity (Wildman–Crippen MR) is 118 cm³/mol. The number of fused-ring (bicyclic) bond motifs is 2. The van der Waals surface area contributed by atoms with Crippen LogP contribution in [0.3, 0.4) is 0 Å². The lowest BCUT2D eigenvalue weighted by atomic mass is 9.87. The van der Waals surface area contributed by atoms with Gasteiger partial charge < -0.3 is 9.80 Å². The fourth-order valence-corrected chi connectivity index (χ4v) is 5.48. The number of para-hydroxylation sites is 1. The smallest absolute Gasteiger partial charge is 0.0505 e. The first-order valence-electron chi connectivity index (χ1n) is 9.91. The highest BCUT2D eigenvalue weighted by Gasteiger charge is 2.31. The number of hydrogen-bond donors (Lipinski definition) is 0. The van der Waals surface area contributed by atoms with Gasteiger partial charge in [-0.1, -0.05) is 72.9 Å². The van der Waals surface area contributed by atoms with Crippen molar-refractivity contribution < 1.29 is 0 Å². The molecule has 0 spiro atoms. The lowest BCUT2D eigenvalue weighted by Gasteiger charge is -2.41. The van der Waals surface area contributed by atoms with E-state index in [0.717, 1.165) is 26.2 Å². The van der Waals surface area contributed by atoms with Crippen LogP contribution in [0.25, 0.3) is 0 Å². The van der Waals surface area contributed by atoms with Crippen LogP contribution in [-0.4, -0.2) is 31.1 Å². The van der Waals surface area contributed by atoms with Gasteiger partial charge in [0.15, 0.2) is 0 Å². The average Bonchev–Trinajstić information content (AvgIpc) is 2.77. The molecule has 2 aliphatic rings. The molecule has 2 heterocycles. The maximum absolute atomic E-state index is 4.60. The van der Waals surface area contributed by atoms with Gasteiger partial charge in [-0.3, -0.25) is 0 Å². The summed E-state index contributed by atoms with van der Waals surface area (Å²) < 4.78 is 0. The summed E-state index contributed by atoms with van der Waals surface area (Å²) in [6, 6.07) is 28.3. The van der Waals surface area contributed by atoms with Gasteiger partial charge in [0.2, 0.25) is 0 Å². The van der Waals surface area contributed by atoms with E-state index in [1.165, 1.54) is 32.3 Å². The number of piperazine rings is 1. The standard InChI is InChI=1S/C25H24N2S/c1-19(26-15-17-27(18-16-26)20-9-3-2-4-10-20)25-21-11-5-7-13-23(21)28-24-14-8-6-12-22(24)25/h2-14,25H,1,15-18H2. The zero-order chi connectivity index (χ0) is 18.9. The summed E-state index contributed by atoms with van der Waals surface area (Å²) >= 11 is 1.88. The number of rotatable bonds is 3. The molecular formula is C25H24N2S. The van der Waals surface area contributed by atoms with Crippen molar-refractivity contribution in [2.24, 2.45) is 0 Å². The van der Waals surface area contributed by atoms with Crippen molar-refractivity contribution in [2.75, 3.05) is 31.1 Å². The van der Waals surface area contributed by atoms with Crippen LogP contribution in [0, 0.1) is 0 Å². The van der Waals surface area contributed by atoms with E-state index < -0.39 is 0 Å². The summed E-state index contributed by atoms with van der Waals surface area (Å²) in [5.41, 5.74) is 5.33. The van der Waals surface area contributed by atoms with Crippen LogP contribution in [0.2, 0.25) is 0 Å². The highest BCUT2D eigenvalue weighted by molar-refractivity contribution is 7.99. The third kappa shape index (κ3) is 3.10. The number of benzene rings is 3. The number of anilines is 1. The topological polar surface area (TPSA) is 6.48 Å². The van der Waals surface area contributed by atoms with E-state index >= 15 is 0 Å². The second-order valence-electron chi connectivity index (χ2n) is 7.41. The fraction of sp³-hybridized carbons (Fsp3) is 0.200. The van der Waals surface area contributed by atoms with Crippen LogP contribution in [-0.2, 0) is 0 Å². The molecule has 1 fully saturated rings. The van der Waals surface area contributed by atoms with E-state index in [1.807, 2.05) is 11.8 Å². The van der Waals surface area contributed by atoms with Gasteiger partial charge in [0.05, 0.1) is 5.92 Å². The maximum Gasteiger partial charge on any atom is 0.0505 e. The summed E-state index contributed by atoms with van der Waals surface area (Å²) in [7, 11) is 0. The van der Waals surface area contributed by atoms with Crippen LogP contribution in [0.4, 0.5) is 5.69 Å². The van der Waals surface area contributed by atoms with Crippen LogP contribution < -0.4 is 4.90 Å². The number of hydrogen-bond acceptors (Lipinski definition) is 3. The lowest BCUT2D eigenvalue weighted by Crippen LogP contribution is -2.46. The van der Waals surface area contributed by atoms with Crippen molar-refractivity contribution in [3.05, 3.63) is 102 Å². The Hall–Kier alpha value is -2.65. The quantitative estimate of drug-likeness (QED) is 0.579. The normalized spacial score (nSPS) is 16.4. The van der Waals surface area contributed by atoms with Gasteiger partial charge in [0.1, 0.15) is 0 Å². The fourth-order valence-electron chi connectivity index (χ4n) is 4.34. The van der Waals surface area contributed by atoms with E-state index in [1.54, 1.807) is 0 Å². The molecule has 0 N–H and O–H groups in total. The zero-order valence-electron chi connectivity index (χ0n) is 15.9. The predicted octanol–water partition coefficient (Wildman–Crippen LogP) is 5.62. The van der Waals surface area contributed by atoms with Crippen molar-refractivity contribution >= 4 is 17.4 Å². The van der Waals surface area contributed by atoms with Crippen LogP contribution >= 0.6 is 11.8 Å². The van der Waals surface area contributed by atoms with E-state index in [4.69, 9.17) is 0 Å². The molecular weight excluding hydrogens is 360 g/mol. The molecule has 2 nitrogen and oxygen atoms in total. The molecule has 0 aromatic heterocycles. The van der Waals surface area contributed by atoms with Gasteiger partial charge in [0.25, 0.3) is 0 Å². The van der Waals surface area contributed by atoms with Crippen molar-refractivity contribution in [1.82, 2.24) is 4.90 Å². The summed E-state index contributed by atoms with van der Waals surface area (Å²) in [5, 5.41) is 0. The lowest BCUT2D eigenvalue weighted by molar-refractivity contribution is 0.308. The minimum absolute atomic E-state index is 0.247. The highest BCUT2D eigenvalue weighted by atomic mass is 32.2. The molecule has 0 amide bonds. The van der Waals surface area contributed by atoms with Crippen molar-refractivity contribution in [1.29, 1.82) is 0 Å². The molecule has 0 unspecified atom stereocenters. The third-order valence-electron chi connectivity index (χ3n) is 5.82. The molecule has 0 bridgehead atoms. The van der Waals surface area contributed by atoms with Gasteiger partial charge in [-0.25, -0.2) is 0 Å². The summed E-state index contributed by atoms with van der Waals surface area (Å²) in [6.45, 7) is 8.70. The van der Waals surface area contributed by atoms with Gasteiger partial charge in [0, 0.05) is 47.4 Å². The second-order valence-corrected chi connectivity index (χ2v) is 8.50. The van der Waals surface area contributed by atoms with Crippen molar-refractivity contribution in [3.8, 4) is 0 Å². The van der Waals surface area contributed by atoms with Gasteiger partial charge in [-0.15, -0.1) is 0 Å². The largest absolute Gasteiger partial charge is 0.371 e. The third-order valence-corrected chi connectivity index (χ3v) is 7.00. The van der Waals surface area contributed by atoms with Gasteiger partial charge in [-0.2, -0.15) is 0 Å². The monoisotopic (exact) mass is 384 g/mol. The maximum atomic E-state index is 4.60. The first kappa shape index (κ1) is 17.4. The Kier molecular flexibility index (Phi) is 4.61. The molecule has 0 aliphatic carbocycles. The summed E-state index contributed by atoms with van der Waals surface area (Å²) in [6.07, 6.45) is 0. The zero-order valence-corrected chi connectivity index (χ0v) is 16.7. The molecule has 5 rings (SSSR count). The molecule has 3 aromatic rings. The second kappa shape index (κ2) is 7.40. The molecule has 1 saturated heterocycles. The Morgan fingerprint density at radius 1 is 0.714 bits per heavy atom. The van der Waals surface area contributed by atoms with Gasteiger partial charge >= 0.3 is 0 Å². The minimum Gasteiger partial charge on any atom is -0.371 e. The molecule has 140 valence electrons. The van der Waals surface area contributed by atoms with E-state index in [9.17, 15) is 0 Å². The highest BCUT2D eigenvalue weighted by Crippen LogP contribution is 2.48. The first-order chi connectivity index (χ1) is 13.8.